The fourth-order valence-corrected chi connectivity index (χ4v) is 1.35. The summed E-state index contributed by atoms with van der Waals surface area (Å²) >= 11 is 0. The minimum atomic E-state index is -4.96. The first-order valence-electron chi connectivity index (χ1n) is 5.96. The van der Waals surface area contributed by atoms with Crippen molar-refractivity contribution in [2.45, 2.75) is 25.9 Å². The van der Waals surface area contributed by atoms with Gasteiger partial charge in [-0.3, -0.25) is 9.59 Å². The zero-order valence-electron chi connectivity index (χ0n) is 11.1. The summed E-state index contributed by atoms with van der Waals surface area (Å²) in [4.78, 5) is 32.9. The summed E-state index contributed by atoms with van der Waals surface area (Å²) in [5.74, 6) is -2.56. The summed E-state index contributed by atoms with van der Waals surface area (Å²) in [5, 5.41) is 4.16. The van der Waals surface area contributed by atoms with Crippen LogP contribution >= 0.6 is 0 Å². The highest BCUT2D eigenvalue weighted by Crippen LogP contribution is 2.19. The molecule has 0 bridgehead atoms. The summed E-state index contributed by atoms with van der Waals surface area (Å²) in [6.45, 7) is 1.37. The van der Waals surface area contributed by atoms with Gasteiger partial charge in [-0.05, 0) is 31.2 Å². The van der Waals surface area contributed by atoms with Crippen LogP contribution in [0.5, 0.6) is 0 Å². The van der Waals surface area contributed by atoms with Crippen LogP contribution in [0.25, 0.3) is 0 Å². The standard InChI is InChI=1S/C13H13F3N2O3/c1-8(19)2-7-11(20)17-9-3-5-10(6-4-9)18-12(21)13(14,15)16/h3-6H,2,7H2,1H3,(H,17,20)(H,18,21). The molecule has 0 saturated carbocycles. The second kappa shape index (κ2) is 6.87. The van der Waals surface area contributed by atoms with Gasteiger partial charge in [0.2, 0.25) is 5.91 Å². The van der Waals surface area contributed by atoms with Crippen molar-refractivity contribution in [3.05, 3.63) is 24.3 Å². The molecule has 1 aromatic rings. The number of carbonyl (C=O) groups excluding carboxylic acids is 3. The molecule has 0 aliphatic rings. The van der Waals surface area contributed by atoms with Gasteiger partial charge in [-0.1, -0.05) is 0 Å². The van der Waals surface area contributed by atoms with Gasteiger partial charge in [-0.2, -0.15) is 13.2 Å². The molecule has 0 radical (unpaired) electrons. The van der Waals surface area contributed by atoms with Crippen LogP contribution in [0.4, 0.5) is 24.5 Å². The number of amides is 2. The summed E-state index contributed by atoms with van der Waals surface area (Å²) in [6, 6.07) is 5.14. The fraction of sp³-hybridized carbons (Fsp3) is 0.308. The maximum Gasteiger partial charge on any atom is 0.471 e. The topological polar surface area (TPSA) is 75.3 Å². The third kappa shape index (κ3) is 6.07. The number of benzene rings is 1. The van der Waals surface area contributed by atoms with Crippen molar-refractivity contribution in [1.82, 2.24) is 0 Å². The molecule has 5 nitrogen and oxygen atoms in total. The predicted molar refractivity (Wildman–Crippen MR) is 69.7 cm³/mol. The number of Topliss-reactive ketones (excluding diaryl/α,β-unsaturated/α-hetero) is 1. The van der Waals surface area contributed by atoms with E-state index in [1.54, 1.807) is 5.32 Å². The summed E-state index contributed by atoms with van der Waals surface area (Å²) in [6.07, 6.45) is -4.81. The van der Waals surface area contributed by atoms with Crippen LogP contribution in [0.15, 0.2) is 24.3 Å². The maximum atomic E-state index is 12.0. The molecule has 1 rings (SSSR count). The van der Waals surface area contributed by atoms with Crippen molar-refractivity contribution >= 4 is 29.0 Å². The molecular weight excluding hydrogens is 289 g/mol. The van der Waals surface area contributed by atoms with Crippen molar-refractivity contribution in [2.75, 3.05) is 10.6 Å². The predicted octanol–water partition coefficient (Wildman–Crippen LogP) is 2.50. The van der Waals surface area contributed by atoms with Crippen LogP contribution in [0, 0.1) is 0 Å². The Bertz CT molecular complexity index is 539. The molecule has 0 atom stereocenters. The Kier molecular flexibility index (Phi) is 5.45. The van der Waals surface area contributed by atoms with Crippen LogP contribution in [0.2, 0.25) is 0 Å². The molecule has 21 heavy (non-hydrogen) atoms. The van der Waals surface area contributed by atoms with E-state index in [1.165, 1.54) is 31.2 Å². The van der Waals surface area contributed by atoms with Crippen LogP contribution in [0.1, 0.15) is 19.8 Å². The number of ketones is 1. The molecular formula is C13H13F3N2O3. The molecule has 2 N–H and O–H groups in total. The minimum absolute atomic E-state index is 0.0297. The van der Waals surface area contributed by atoms with Crippen LogP contribution < -0.4 is 10.6 Å². The number of anilines is 2. The average Bonchev–Trinajstić information content (AvgIpc) is 2.37. The summed E-state index contributed by atoms with van der Waals surface area (Å²) in [7, 11) is 0. The number of rotatable bonds is 5. The van der Waals surface area contributed by atoms with E-state index in [0.717, 1.165) is 0 Å². The molecule has 0 spiro atoms. The Morgan fingerprint density at radius 1 is 0.952 bits per heavy atom. The molecule has 0 heterocycles. The van der Waals surface area contributed by atoms with E-state index in [4.69, 9.17) is 0 Å². The normalized spacial score (nSPS) is 10.9. The van der Waals surface area contributed by atoms with E-state index in [-0.39, 0.29) is 30.2 Å². The molecule has 2 amide bonds. The van der Waals surface area contributed by atoms with Gasteiger partial charge in [0.15, 0.2) is 0 Å². The lowest BCUT2D eigenvalue weighted by Gasteiger charge is -2.09. The number of alkyl halides is 3. The van der Waals surface area contributed by atoms with Crippen LogP contribution in [0.3, 0.4) is 0 Å². The molecule has 0 aliphatic heterocycles. The van der Waals surface area contributed by atoms with Crippen molar-refractivity contribution < 1.29 is 27.6 Å². The van der Waals surface area contributed by atoms with Gasteiger partial charge < -0.3 is 15.4 Å². The molecule has 0 unspecified atom stereocenters. The Hall–Kier alpha value is -2.38. The highest BCUT2D eigenvalue weighted by molar-refractivity contribution is 5.96. The Balaban J connectivity index is 2.56. The van der Waals surface area contributed by atoms with Gasteiger partial charge in [0, 0.05) is 24.2 Å². The SMILES string of the molecule is CC(=O)CCC(=O)Nc1ccc(NC(=O)C(F)(F)F)cc1. The molecule has 0 saturated heterocycles. The Morgan fingerprint density at radius 2 is 1.43 bits per heavy atom. The van der Waals surface area contributed by atoms with Gasteiger partial charge in [0.05, 0.1) is 0 Å². The van der Waals surface area contributed by atoms with Crippen molar-refractivity contribution in [3.63, 3.8) is 0 Å². The van der Waals surface area contributed by atoms with E-state index in [1.807, 2.05) is 0 Å². The highest BCUT2D eigenvalue weighted by atomic mass is 19.4. The zero-order chi connectivity index (χ0) is 16.0. The number of hydrogen-bond acceptors (Lipinski definition) is 3. The fourth-order valence-electron chi connectivity index (χ4n) is 1.35. The van der Waals surface area contributed by atoms with E-state index in [0.29, 0.717) is 5.69 Å². The van der Waals surface area contributed by atoms with Gasteiger partial charge in [-0.15, -0.1) is 0 Å². The molecule has 0 fully saturated rings. The Morgan fingerprint density at radius 3 is 1.86 bits per heavy atom. The average molecular weight is 302 g/mol. The van der Waals surface area contributed by atoms with E-state index in [2.05, 4.69) is 5.32 Å². The van der Waals surface area contributed by atoms with E-state index in [9.17, 15) is 27.6 Å². The van der Waals surface area contributed by atoms with Crippen molar-refractivity contribution in [3.8, 4) is 0 Å². The number of hydrogen-bond donors (Lipinski definition) is 2. The quantitative estimate of drug-likeness (QED) is 0.877. The van der Waals surface area contributed by atoms with Gasteiger partial charge in [-0.25, -0.2) is 0 Å². The summed E-state index contributed by atoms with van der Waals surface area (Å²) < 4.78 is 36.1. The summed E-state index contributed by atoms with van der Waals surface area (Å²) in [5.41, 5.74) is 0.313. The monoisotopic (exact) mass is 302 g/mol. The highest BCUT2D eigenvalue weighted by Gasteiger charge is 2.38. The van der Waals surface area contributed by atoms with Crippen molar-refractivity contribution in [1.29, 1.82) is 0 Å². The number of nitrogens with one attached hydrogen (secondary N) is 2. The van der Waals surface area contributed by atoms with Gasteiger partial charge >= 0.3 is 12.1 Å². The minimum Gasteiger partial charge on any atom is -0.326 e. The number of halogens is 3. The van der Waals surface area contributed by atoms with Crippen LogP contribution in [-0.2, 0) is 14.4 Å². The molecule has 1 aromatic carbocycles. The first-order valence-corrected chi connectivity index (χ1v) is 5.96. The lowest BCUT2D eigenvalue weighted by molar-refractivity contribution is -0.167. The Labute approximate surface area is 118 Å². The first kappa shape index (κ1) is 16.7. The second-order valence-electron chi connectivity index (χ2n) is 4.28. The van der Waals surface area contributed by atoms with E-state index >= 15 is 0 Å². The van der Waals surface area contributed by atoms with Gasteiger partial charge in [0.1, 0.15) is 5.78 Å². The maximum absolute atomic E-state index is 12.0. The van der Waals surface area contributed by atoms with Crippen LogP contribution in [-0.4, -0.2) is 23.8 Å². The third-order valence-corrected chi connectivity index (χ3v) is 2.39. The lowest BCUT2D eigenvalue weighted by atomic mass is 10.2. The largest absolute Gasteiger partial charge is 0.471 e. The van der Waals surface area contributed by atoms with Gasteiger partial charge in [0.25, 0.3) is 0 Å². The van der Waals surface area contributed by atoms with E-state index < -0.39 is 12.1 Å². The van der Waals surface area contributed by atoms with Crippen molar-refractivity contribution in [2.24, 2.45) is 0 Å². The smallest absolute Gasteiger partial charge is 0.326 e. The molecule has 8 heteroatoms. The first-order chi connectivity index (χ1) is 9.68. The molecule has 114 valence electrons. The second-order valence-corrected chi connectivity index (χ2v) is 4.28. The lowest BCUT2D eigenvalue weighted by Crippen LogP contribution is -2.29. The molecule has 0 aromatic heterocycles. The third-order valence-electron chi connectivity index (χ3n) is 2.39. The number of carbonyl (C=O) groups is 3. The molecule has 0 aliphatic carbocycles. The zero-order valence-corrected chi connectivity index (χ0v) is 11.1.